The fourth-order valence-corrected chi connectivity index (χ4v) is 4.01. The molecule has 0 radical (unpaired) electrons. The Kier molecular flexibility index (Phi) is 7.65. The molecule has 0 aliphatic carbocycles. The van der Waals surface area contributed by atoms with Gasteiger partial charge in [-0.25, -0.2) is 0 Å². The van der Waals surface area contributed by atoms with E-state index in [1.54, 1.807) is 0 Å². The SMILES string of the molecule is CC(C)(C)C1NNCC1CNC1CCN(Cc2ccncc2)CC1.Cl. The zero-order valence-electron chi connectivity index (χ0n) is 15.8. The van der Waals surface area contributed by atoms with E-state index in [1.165, 1.54) is 31.5 Å². The lowest BCUT2D eigenvalue weighted by molar-refractivity contribution is 0.180. The number of likely N-dealkylation sites (tertiary alicyclic amines) is 1. The molecule has 2 atom stereocenters. The molecule has 3 N–H and O–H groups in total. The average molecular weight is 368 g/mol. The quantitative estimate of drug-likeness (QED) is 0.744. The van der Waals surface area contributed by atoms with E-state index in [1.807, 2.05) is 12.4 Å². The Morgan fingerprint density at radius 2 is 1.88 bits per heavy atom. The molecule has 1 aromatic rings. The zero-order chi connectivity index (χ0) is 17.0. The van der Waals surface area contributed by atoms with E-state index in [-0.39, 0.29) is 12.4 Å². The van der Waals surface area contributed by atoms with Gasteiger partial charge in [0.2, 0.25) is 0 Å². The number of halogens is 1. The van der Waals surface area contributed by atoms with Crippen LogP contribution in [0.2, 0.25) is 0 Å². The van der Waals surface area contributed by atoms with Crippen LogP contribution < -0.4 is 16.2 Å². The summed E-state index contributed by atoms with van der Waals surface area (Å²) in [5.41, 5.74) is 8.48. The van der Waals surface area contributed by atoms with E-state index in [9.17, 15) is 0 Å². The monoisotopic (exact) mass is 367 g/mol. The lowest BCUT2D eigenvalue weighted by Gasteiger charge is -2.35. The third-order valence-electron chi connectivity index (χ3n) is 5.44. The smallest absolute Gasteiger partial charge is 0.0314 e. The van der Waals surface area contributed by atoms with Crippen molar-refractivity contribution in [2.75, 3.05) is 26.2 Å². The summed E-state index contributed by atoms with van der Waals surface area (Å²) in [5, 5.41) is 3.83. The third-order valence-corrected chi connectivity index (χ3v) is 5.44. The standard InChI is InChI=1S/C19H33N5.ClH/c1-19(2,3)18-16(13-22-23-18)12-21-17-6-10-24(11-7-17)14-15-4-8-20-9-5-15;/h4-5,8-9,16-18,21-23H,6-7,10-14H2,1-3H3;1H. The average Bonchev–Trinajstić information content (AvgIpc) is 3.04. The van der Waals surface area contributed by atoms with Crippen LogP contribution in [0.25, 0.3) is 0 Å². The fourth-order valence-electron chi connectivity index (χ4n) is 4.01. The first-order chi connectivity index (χ1) is 11.5. The summed E-state index contributed by atoms with van der Waals surface area (Å²) in [5.74, 6) is 0.667. The van der Waals surface area contributed by atoms with Gasteiger partial charge in [0.15, 0.2) is 0 Å². The molecule has 142 valence electrons. The van der Waals surface area contributed by atoms with Crippen LogP contribution in [0.1, 0.15) is 39.2 Å². The molecule has 3 heterocycles. The number of hydrogen-bond acceptors (Lipinski definition) is 5. The van der Waals surface area contributed by atoms with E-state index >= 15 is 0 Å². The second-order valence-corrected chi connectivity index (χ2v) is 8.44. The molecule has 25 heavy (non-hydrogen) atoms. The van der Waals surface area contributed by atoms with Gasteiger partial charge in [0.25, 0.3) is 0 Å². The van der Waals surface area contributed by atoms with Crippen molar-refractivity contribution in [3.05, 3.63) is 30.1 Å². The number of nitrogens with one attached hydrogen (secondary N) is 3. The van der Waals surface area contributed by atoms with Gasteiger partial charge in [-0.05, 0) is 49.0 Å². The first-order valence-corrected chi connectivity index (χ1v) is 9.35. The molecule has 3 rings (SSSR count). The maximum absolute atomic E-state index is 4.10. The summed E-state index contributed by atoms with van der Waals surface area (Å²) < 4.78 is 0. The van der Waals surface area contributed by atoms with Crippen LogP contribution in [0, 0.1) is 11.3 Å². The van der Waals surface area contributed by atoms with Crippen molar-refractivity contribution < 1.29 is 0 Å². The first-order valence-electron chi connectivity index (χ1n) is 9.35. The van der Waals surface area contributed by atoms with E-state index in [0.29, 0.717) is 23.4 Å². The van der Waals surface area contributed by atoms with Crippen molar-refractivity contribution in [2.45, 2.75) is 52.2 Å². The Hall–Kier alpha value is -0.720. The largest absolute Gasteiger partial charge is 0.313 e. The molecule has 0 spiro atoms. The minimum absolute atomic E-state index is 0. The highest BCUT2D eigenvalue weighted by molar-refractivity contribution is 5.85. The van der Waals surface area contributed by atoms with Gasteiger partial charge < -0.3 is 5.32 Å². The summed E-state index contributed by atoms with van der Waals surface area (Å²) in [6.07, 6.45) is 6.27. The maximum atomic E-state index is 4.10. The fraction of sp³-hybridized carbons (Fsp3) is 0.737. The van der Waals surface area contributed by atoms with Crippen molar-refractivity contribution in [1.82, 2.24) is 26.1 Å². The molecule has 0 amide bonds. The second-order valence-electron chi connectivity index (χ2n) is 8.44. The number of piperidine rings is 1. The number of hydrogen-bond donors (Lipinski definition) is 3. The van der Waals surface area contributed by atoms with Gasteiger partial charge >= 0.3 is 0 Å². The number of pyridine rings is 1. The van der Waals surface area contributed by atoms with E-state index in [0.717, 1.165) is 19.6 Å². The van der Waals surface area contributed by atoms with Crippen LogP contribution in [-0.4, -0.2) is 48.1 Å². The summed E-state index contributed by atoms with van der Waals surface area (Å²) in [6.45, 7) is 12.6. The van der Waals surface area contributed by atoms with E-state index in [2.05, 4.69) is 59.0 Å². The first kappa shape index (κ1) is 20.6. The molecule has 2 fully saturated rings. The van der Waals surface area contributed by atoms with Gasteiger partial charge in [0.1, 0.15) is 0 Å². The van der Waals surface area contributed by atoms with Crippen molar-refractivity contribution in [3.63, 3.8) is 0 Å². The van der Waals surface area contributed by atoms with Gasteiger partial charge in [-0.3, -0.25) is 20.7 Å². The molecule has 1 aromatic heterocycles. The van der Waals surface area contributed by atoms with Crippen LogP contribution in [0.3, 0.4) is 0 Å². The molecular formula is C19H34ClN5. The number of hydrazine groups is 1. The van der Waals surface area contributed by atoms with Crippen LogP contribution in [0.15, 0.2) is 24.5 Å². The van der Waals surface area contributed by atoms with Crippen molar-refractivity contribution in [3.8, 4) is 0 Å². The number of rotatable bonds is 5. The predicted molar refractivity (Wildman–Crippen MR) is 106 cm³/mol. The molecule has 2 saturated heterocycles. The van der Waals surface area contributed by atoms with Gasteiger partial charge in [-0.1, -0.05) is 20.8 Å². The van der Waals surface area contributed by atoms with Gasteiger partial charge in [-0.15, -0.1) is 12.4 Å². The van der Waals surface area contributed by atoms with Crippen molar-refractivity contribution in [2.24, 2.45) is 11.3 Å². The maximum Gasteiger partial charge on any atom is 0.0314 e. The molecule has 2 aliphatic heterocycles. The predicted octanol–water partition coefficient (Wildman–Crippen LogP) is 2.20. The van der Waals surface area contributed by atoms with Crippen molar-refractivity contribution >= 4 is 12.4 Å². The van der Waals surface area contributed by atoms with Crippen LogP contribution in [-0.2, 0) is 6.54 Å². The Labute approximate surface area is 158 Å². The summed E-state index contributed by atoms with van der Waals surface area (Å²) in [6, 6.07) is 5.45. The second kappa shape index (κ2) is 9.28. The van der Waals surface area contributed by atoms with Crippen LogP contribution >= 0.6 is 12.4 Å². The van der Waals surface area contributed by atoms with Gasteiger partial charge in [0.05, 0.1) is 0 Å². The highest BCUT2D eigenvalue weighted by atomic mass is 35.5. The molecule has 5 nitrogen and oxygen atoms in total. The highest BCUT2D eigenvalue weighted by Crippen LogP contribution is 2.27. The lowest BCUT2D eigenvalue weighted by atomic mass is 9.80. The number of aromatic nitrogens is 1. The van der Waals surface area contributed by atoms with E-state index in [4.69, 9.17) is 0 Å². The third kappa shape index (κ3) is 5.90. The lowest BCUT2D eigenvalue weighted by Crippen LogP contribution is -2.47. The minimum atomic E-state index is 0. The Morgan fingerprint density at radius 1 is 1.20 bits per heavy atom. The Morgan fingerprint density at radius 3 is 2.52 bits per heavy atom. The van der Waals surface area contributed by atoms with Crippen LogP contribution in [0.5, 0.6) is 0 Å². The molecule has 0 aromatic carbocycles. The molecule has 6 heteroatoms. The number of nitrogens with zero attached hydrogens (tertiary/aromatic N) is 2. The van der Waals surface area contributed by atoms with E-state index < -0.39 is 0 Å². The Balaban J connectivity index is 0.00000225. The summed E-state index contributed by atoms with van der Waals surface area (Å²) >= 11 is 0. The zero-order valence-corrected chi connectivity index (χ0v) is 16.6. The normalized spacial score (nSPS) is 25.7. The highest BCUT2D eigenvalue weighted by Gasteiger charge is 2.36. The molecule has 0 saturated carbocycles. The van der Waals surface area contributed by atoms with Crippen molar-refractivity contribution in [1.29, 1.82) is 0 Å². The summed E-state index contributed by atoms with van der Waals surface area (Å²) in [4.78, 5) is 6.66. The molecular weight excluding hydrogens is 334 g/mol. The van der Waals surface area contributed by atoms with Crippen LogP contribution in [0.4, 0.5) is 0 Å². The molecule has 2 unspecified atom stereocenters. The minimum Gasteiger partial charge on any atom is -0.313 e. The van der Waals surface area contributed by atoms with Gasteiger partial charge in [0, 0.05) is 50.0 Å². The molecule has 2 aliphatic rings. The Bertz CT molecular complexity index is 496. The van der Waals surface area contributed by atoms with Gasteiger partial charge in [-0.2, -0.15) is 0 Å². The summed E-state index contributed by atoms with van der Waals surface area (Å²) in [7, 11) is 0. The molecule has 0 bridgehead atoms. The topological polar surface area (TPSA) is 52.2 Å².